The van der Waals surface area contributed by atoms with Crippen LogP contribution in [0.15, 0.2) is 24.3 Å². The van der Waals surface area contributed by atoms with Gasteiger partial charge in [-0.2, -0.15) is 0 Å². The first-order valence-corrected chi connectivity index (χ1v) is 7.95. The van der Waals surface area contributed by atoms with Gasteiger partial charge in [-0.3, -0.25) is 5.32 Å². The molecule has 0 aliphatic rings. The van der Waals surface area contributed by atoms with Gasteiger partial charge in [0.25, 0.3) is 0 Å². The minimum Gasteiger partial charge on any atom is -0.444 e. The molecule has 1 rings (SSSR count). The maximum absolute atomic E-state index is 11.7. The predicted molar refractivity (Wildman–Crippen MR) is 92.8 cm³/mol. The highest BCUT2D eigenvalue weighted by Crippen LogP contribution is 2.15. The van der Waals surface area contributed by atoms with Crippen molar-refractivity contribution in [2.45, 2.75) is 52.6 Å². The van der Waals surface area contributed by atoms with Crippen LogP contribution in [0.2, 0.25) is 0 Å². The van der Waals surface area contributed by atoms with Gasteiger partial charge < -0.3 is 15.4 Å². The van der Waals surface area contributed by atoms with Gasteiger partial charge in [-0.25, -0.2) is 9.59 Å². The summed E-state index contributed by atoms with van der Waals surface area (Å²) in [7, 11) is 0. The quantitative estimate of drug-likeness (QED) is 0.682. The molecule has 0 bridgehead atoms. The van der Waals surface area contributed by atoms with Gasteiger partial charge >= 0.3 is 12.1 Å². The summed E-state index contributed by atoms with van der Waals surface area (Å²) < 4.78 is 5.17. The molecule has 6 heteroatoms. The Balaban J connectivity index is 2.41. The molecular weight excluding hydrogens is 294 g/mol. The highest BCUT2D eigenvalue weighted by molar-refractivity contribution is 5.90. The van der Waals surface area contributed by atoms with Crippen molar-refractivity contribution in [1.29, 1.82) is 0 Å². The summed E-state index contributed by atoms with van der Waals surface area (Å²) in [6.45, 7) is 8.20. The van der Waals surface area contributed by atoms with Gasteiger partial charge in [0, 0.05) is 17.9 Å². The zero-order valence-electron chi connectivity index (χ0n) is 14.4. The van der Waals surface area contributed by atoms with Crippen molar-refractivity contribution in [3.8, 4) is 0 Å². The molecule has 1 aromatic rings. The molecular formula is C17H27N3O3. The Labute approximate surface area is 138 Å². The zero-order valence-corrected chi connectivity index (χ0v) is 14.4. The van der Waals surface area contributed by atoms with Crippen molar-refractivity contribution in [3.63, 3.8) is 0 Å². The number of amides is 3. The largest absolute Gasteiger partial charge is 0.444 e. The van der Waals surface area contributed by atoms with Crippen LogP contribution in [-0.4, -0.2) is 24.3 Å². The number of rotatable bonds is 6. The molecule has 6 nitrogen and oxygen atoms in total. The highest BCUT2D eigenvalue weighted by atomic mass is 16.6. The Morgan fingerprint density at radius 1 is 1.00 bits per heavy atom. The Bertz CT molecular complexity index is 507. The second kappa shape index (κ2) is 9.02. The molecule has 0 atom stereocenters. The van der Waals surface area contributed by atoms with E-state index >= 15 is 0 Å². The summed E-state index contributed by atoms with van der Waals surface area (Å²) in [5.41, 5.74) is 0.724. The molecule has 0 aliphatic carbocycles. The fourth-order valence-corrected chi connectivity index (χ4v) is 1.81. The van der Waals surface area contributed by atoms with Crippen molar-refractivity contribution in [2.75, 3.05) is 17.2 Å². The molecule has 0 spiro atoms. The number of carbonyl (C=O) groups is 2. The van der Waals surface area contributed by atoms with Crippen molar-refractivity contribution in [3.05, 3.63) is 24.3 Å². The molecule has 23 heavy (non-hydrogen) atoms. The molecule has 0 aromatic heterocycles. The van der Waals surface area contributed by atoms with Gasteiger partial charge in [0.1, 0.15) is 5.60 Å². The Kier molecular flexibility index (Phi) is 7.38. The van der Waals surface area contributed by atoms with E-state index in [4.69, 9.17) is 4.74 Å². The monoisotopic (exact) mass is 321 g/mol. The van der Waals surface area contributed by atoms with Crippen LogP contribution in [0.3, 0.4) is 0 Å². The third kappa shape index (κ3) is 8.70. The van der Waals surface area contributed by atoms with Crippen LogP contribution in [0.25, 0.3) is 0 Å². The van der Waals surface area contributed by atoms with E-state index in [1.165, 1.54) is 0 Å². The lowest BCUT2D eigenvalue weighted by atomic mass is 10.2. The standard InChI is InChI=1S/C17H27N3O3/c1-5-6-7-12-18-15(21)19-13-8-10-14(11-9-13)20-16(22)23-17(2,3)4/h8-11H,5-7,12H2,1-4H3,(H,20,22)(H2,18,19,21). The number of ether oxygens (including phenoxy) is 1. The second-order valence-corrected chi connectivity index (χ2v) is 6.29. The van der Waals surface area contributed by atoms with E-state index in [1.807, 2.05) is 0 Å². The molecule has 128 valence electrons. The maximum atomic E-state index is 11.7. The van der Waals surface area contributed by atoms with Gasteiger partial charge in [0.05, 0.1) is 0 Å². The fraction of sp³-hybridized carbons (Fsp3) is 0.529. The van der Waals surface area contributed by atoms with E-state index in [9.17, 15) is 9.59 Å². The summed E-state index contributed by atoms with van der Waals surface area (Å²) >= 11 is 0. The smallest absolute Gasteiger partial charge is 0.412 e. The average Bonchev–Trinajstić information content (AvgIpc) is 2.44. The van der Waals surface area contributed by atoms with Crippen LogP contribution < -0.4 is 16.0 Å². The van der Waals surface area contributed by atoms with E-state index in [1.54, 1.807) is 45.0 Å². The summed E-state index contributed by atoms with van der Waals surface area (Å²) in [4.78, 5) is 23.3. The van der Waals surface area contributed by atoms with Crippen molar-refractivity contribution in [1.82, 2.24) is 5.32 Å². The van der Waals surface area contributed by atoms with E-state index in [0.717, 1.165) is 19.3 Å². The molecule has 0 radical (unpaired) electrons. The van der Waals surface area contributed by atoms with Crippen LogP contribution in [0.4, 0.5) is 21.0 Å². The lowest BCUT2D eigenvalue weighted by Gasteiger charge is -2.19. The van der Waals surface area contributed by atoms with Gasteiger partial charge in [-0.1, -0.05) is 19.8 Å². The van der Waals surface area contributed by atoms with Crippen LogP contribution in [0.1, 0.15) is 47.0 Å². The van der Waals surface area contributed by atoms with Gasteiger partial charge in [-0.15, -0.1) is 0 Å². The highest BCUT2D eigenvalue weighted by Gasteiger charge is 2.16. The molecule has 0 saturated carbocycles. The molecule has 3 amide bonds. The normalized spacial score (nSPS) is 10.8. The molecule has 0 aliphatic heterocycles. The topological polar surface area (TPSA) is 79.5 Å². The average molecular weight is 321 g/mol. The van der Waals surface area contributed by atoms with E-state index in [2.05, 4.69) is 22.9 Å². The Morgan fingerprint density at radius 3 is 2.09 bits per heavy atom. The number of carbonyl (C=O) groups excluding carboxylic acids is 2. The predicted octanol–water partition coefficient (Wildman–Crippen LogP) is 4.35. The van der Waals surface area contributed by atoms with Gasteiger partial charge in [0.15, 0.2) is 0 Å². The number of urea groups is 1. The number of anilines is 2. The van der Waals surface area contributed by atoms with E-state index < -0.39 is 11.7 Å². The van der Waals surface area contributed by atoms with Crippen molar-refractivity contribution < 1.29 is 14.3 Å². The first-order valence-electron chi connectivity index (χ1n) is 7.95. The SMILES string of the molecule is CCCCCNC(=O)Nc1ccc(NC(=O)OC(C)(C)C)cc1. The number of hydrogen-bond acceptors (Lipinski definition) is 3. The molecule has 0 unspecified atom stereocenters. The van der Waals surface area contributed by atoms with Crippen LogP contribution >= 0.6 is 0 Å². The van der Waals surface area contributed by atoms with Crippen LogP contribution in [0.5, 0.6) is 0 Å². The third-order valence-electron chi connectivity index (χ3n) is 2.85. The molecule has 0 heterocycles. The fourth-order valence-electron chi connectivity index (χ4n) is 1.81. The maximum Gasteiger partial charge on any atom is 0.412 e. The van der Waals surface area contributed by atoms with Gasteiger partial charge in [0.2, 0.25) is 0 Å². The molecule has 3 N–H and O–H groups in total. The Hall–Kier alpha value is -2.24. The summed E-state index contributed by atoms with van der Waals surface area (Å²) in [6.07, 6.45) is 2.69. The summed E-state index contributed by atoms with van der Waals surface area (Å²) in [5.74, 6) is 0. The first kappa shape index (κ1) is 18.8. The number of hydrogen-bond donors (Lipinski definition) is 3. The van der Waals surface area contributed by atoms with Gasteiger partial charge in [-0.05, 0) is 51.5 Å². The molecule has 0 saturated heterocycles. The first-order chi connectivity index (χ1) is 10.8. The number of unbranched alkanes of at least 4 members (excludes halogenated alkanes) is 2. The lowest BCUT2D eigenvalue weighted by Crippen LogP contribution is -2.29. The lowest BCUT2D eigenvalue weighted by molar-refractivity contribution is 0.0636. The van der Waals surface area contributed by atoms with Crippen molar-refractivity contribution in [2.24, 2.45) is 0 Å². The van der Waals surface area contributed by atoms with Crippen molar-refractivity contribution >= 4 is 23.5 Å². The Morgan fingerprint density at radius 2 is 1.57 bits per heavy atom. The minimum atomic E-state index is -0.540. The number of benzene rings is 1. The zero-order chi connectivity index (χ0) is 17.3. The second-order valence-electron chi connectivity index (χ2n) is 6.29. The summed E-state index contributed by atoms with van der Waals surface area (Å²) in [5, 5.41) is 8.18. The third-order valence-corrected chi connectivity index (χ3v) is 2.85. The number of nitrogens with one attached hydrogen (secondary N) is 3. The molecule has 1 aromatic carbocycles. The van der Waals surface area contributed by atoms with Crippen LogP contribution in [0, 0.1) is 0 Å². The van der Waals surface area contributed by atoms with E-state index in [-0.39, 0.29) is 6.03 Å². The minimum absolute atomic E-state index is 0.228. The summed E-state index contributed by atoms with van der Waals surface area (Å²) in [6, 6.07) is 6.62. The van der Waals surface area contributed by atoms with E-state index in [0.29, 0.717) is 17.9 Å². The van der Waals surface area contributed by atoms with Crippen LogP contribution in [-0.2, 0) is 4.74 Å². The molecule has 0 fully saturated rings.